The third-order valence-electron chi connectivity index (χ3n) is 4.66. The number of likely N-dealkylation sites (N-methyl/N-ethyl adjacent to an activating group) is 1. The van der Waals surface area contributed by atoms with Crippen LogP contribution in [0.5, 0.6) is 0 Å². The standard InChI is InChI=1S/C16H34N2O/c1-5-17-16(4,13-19)9-6-7-10-18-11-8-15(12-18)14(2)3/h14-15,17,19H,5-13H2,1-4H3. The molecule has 19 heavy (non-hydrogen) atoms. The fourth-order valence-electron chi connectivity index (χ4n) is 3.11. The van der Waals surface area contributed by atoms with Gasteiger partial charge in [0.25, 0.3) is 0 Å². The van der Waals surface area contributed by atoms with Gasteiger partial charge < -0.3 is 15.3 Å². The first-order valence-electron chi connectivity index (χ1n) is 8.09. The molecule has 2 unspecified atom stereocenters. The first-order valence-corrected chi connectivity index (χ1v) is 8.09. The molecule has 0 aliphatic carbocycles. The molecule has 0 bridgehead atoms. The number of aliphatic hydroxyl groups excluding tert-OH is 1. The van der Waals surface area contributed by atoms with E-state index in [-0.39, 0.29) is 12.1 Å². The molecule has 2 N–H and O–H groups in total. The van der Waals surface area contributed by atoms with Gasteiger partial charge in [-0.15, -0.1) is 0 Å². The quantitative estimate of drug-likeness (QED) is 0.632. The Morgan fingerprint density at radius 1 is 1.37 bits per heavy atom. The Labute approximate surface area is 119 Å². The van der Waals surface area contributed by atoms with E-state index in [0.717, 1.165) is 24.8 Å². The van der Waals surface area contributed by atoms with E-state index in [1.54, 1.807) is 0 Å². The summed E-state index contributed by atoms with van der Waals surface area (Å²) in [6.07, 6.45) is 4.90. The molecule has 1 heterocycles. The van der Waals surface area contributed by atoms with Crippen molar-refractivity contribution < 1.29 is 5.11 Å². The van der Waals surface area contributed by atoms with Crippen LogP contribution in [-0.4, -0.2) is 48.3 Å². The molecule has 0 amide bonds. The second kappa shape index (κ2) is 8.23. The maximum absolute atomic E-state index is 9.45. The molecule has 3 nitrogen and oxygen atoms in total. The molecule has 1 saturated heterocycles. The summed E-state index contributed by atoms with van der Waals surface area (Å²) < 4.78 is 0. The van der Waals surface area contributed by atoms with Crippen LogP contribution in [0.3, 0.4) is 0 Å². The summed E-state index contributed by atoms with van der Waals surface area (Å²) in [6, 6.07) is 0. The fourth-order valence-corrected chi connectivity index (χ4v) is 3.11. The van der Waals surface area contributed by atoms with E-state index in [1.165, 1.54) is 38.9 Å². The summed E-state index contributed by atoms with van der Waals surface area (Å²) in [4.78, 5) is 2.62. The SMILES string of the molecule is CCNC(C)(CO)CCCCN1CCC(C(C)C)C1. The lowest BCUT2D eigenvalue weighted by Gasteiger charge is -2.28. The van der Waals surface area contributed by atoms with Crippen LogP contribution >= 0.6 is 0 Å². The molecule has 3 heteroatoms. The highest BCUT2D eigenvalue weighted by atomic mass is 16.3. The van der Waals surface area contributed by atoms with E-state index in [0.29, 0.717) is 0 Å². The average Bonchev–Trinajstić information content (AvgIpc) is 2.84. The zero-order valence-electron chi connectivity index (χ0n) is 13.4. The molecule has 2 atom stereocenters. The monoisotopic (exact) mass is 270 g/mol. The van der Waals surface area contributed by atoms with Crippen molar-refractivity contribution in [3.05, 3.63) is 0 Å². The maximum atomic E-state index is 9.45. The predicted octanol–water partition coefficient (Wildman–Crippen LogP) is 2.50. The topological polar surface area (TPSA) is 35.5 Å². The summed E-state index contributed by atoms with van der Waals surface area (Å²) in [5, 5.41) is 12.8. The Morgan fingerprint density at radius 3 is 2.63 bits per heavy atom. The van der Waals surface area contributed by atoms with Gasteiger partial charge in [-0.05, 0) is 57.7 Å². The number of nitrogens with one attached hydrogen (secondary N) is 1. The summed E-state index contributed by atoms with van der Waals surface area (Å²) in [7, 11) is 0. The van der Waals surface area contributed by atoms with E-state index < -0.39 is 0 Å². The van der Waals surface area contributed by atoms with Crippen LogP contribution in [0, 0.1) is 11.8 Å². The number of unbranched alkanes of at least 4 members (excludes halogenated alkanes) is 1. The minimum atomic E-state index is -0.0831. The van der Waals surface area contributed by atoms with Gasteiger partial charge in [0.15, 0.2) is 0 Å². The normalized spacial score (nSPS) is 24.0. The molecular formula is C16H34N2O. The molecule has 0 saturated carbocycles. The van der Waals surface area contributed by atoms with Crippen LogP contribution in [0.1, 0.15) is 53.4 Å². The lowest BCUT2D eigenvalue weighted by molar-refractivity contribution is 0.163. The van der Waals surface area contributed by atoms with Gasteiger partial charge in [0, 0.05) is 12.1 Å². The summed E-state index contributed by atoms with van der Waals surface area (Å²) in [5.41, 5.74) is -0.0831. The molecule has 0 aromatic carbocycles. The molecule has 0 spiro atoms. The summed E-state index contributed by atoms with van der Waals surface area (Å²) in [5.74, 6) is 1.74. The Balaban J connectivity index is 2.14. The van der Waals surface area contributed by atoms with Crippen molar-refractivity contribution in [1.29, 1.82) is 0 Å². The van der Waals surface area contributed by atoms with Crippen LogP contribution in [0.25, 0.3) is 0 Å². The average molecular weight is 270 g/mol. The number of aliphatic hydroxyl groups is 1. The highest BCUT2D eigenvalue weighted by Crippen LogP contribution is 2.24. The Kier molecular flexibility index (Phi) is 7.33. The molecule has 1 aliphatic heterocycles. The van der Waals surface area contributed by atoms with Crippen LogP contribution in [0.15, 0.2) is 0 Å². The first-order chi connectivity index (χ1) is 9.00. The highest BCUT2D eigenvalue weighted by molar-refractivity contribution is 4.82. The van der Waals surface area contributed by atoms with Gasteiger partial charge in [-0.25, -0.2) is 0 Å². The van der Waals surface area contributed by atoms with Crippen LogP contribution < -0.4 is 5.32 Å². The van der Waals surface area contributed by atoms with Gasteiger partial charge in [0.05, 0.1) is 6.61 Å². The van der Waals surface area contributed by atoms with Crippen molar-refractivity contribution in [2.75, 3.05) is 32.8 Å². The molecule has 0 aromatic rings. The third-order valence-corrected chi connectivity index (χ3v) is 4.66. The van der Waals surface area contributed by atoms with Crippen LogP contribution in [0.2, 0.25) is 0 Å². The van der Waals surface area contributed by atoms with E-state index in [4.69, 9.17) is 0 Å². The Morgan fingerprint density at radius 2 is 2.11 bits per heavy atom. The molecular weight excluding hydrogens is 236 g/mol. The lowest BCUT2D eigenvalue weighted by atomic mass is 9.95. The zero-order valence-corrected chi connectivity index (χ0v) is 13.4. The molecule has 114 valence electrons. The number of hydrogen-bond acceptors (Lipinski definition) is 3. The van der Waals surface area contributed by atoms with Gasteiger partial charge >= 0.3 is 0 Å². The summed E-state index contributed by atoms with van der Waals surface area (Å²) in [6.45, 7) is 13.9. The van der Waals surface area contributed by atoms with Crippen molar-refractivity contribution in [1.82, 2.24) is 10.2 Å². The van der Waals surface area contributed by atoms with Crippen LogP contribution in [-0.2, 0) is 0 Å². The highest BCUT2D eigenvalue weighted by Gasteiger charge is 2.25. The number of likely N-dealkylation sites (tertiary alicyclic amines) is 1. The lowest BCUT2D eigenvalue weighted by Crippen LogP contribution is -2.45. The second-order valence-corrected chi connectivity index (χ2v) is 6.80. The van der Waals surface area contributed by atoms with E-state index in [2.05, 4.69) is 37.9 Å². The minimum absolute atomic E-state index is 0.0831. The minimum Gasteiger partial charge on any atom is -0.394 e. The fraction of sp³-hybridized carbons (Fsp3) is 1.00. The Bertz CT molecular complexity index is 245. The van der Waals surface area contributed by atoms with Gasteiger partial charge in [0.2, 0.25) is 0 Å². The molecule has 0 radical (unpaired) electrons. The predicted molar refractivity (Wildman–Crippen MR) is 82.4 cm³/mol. The number of nitrogens with zero attached hydrogens (tertiary/aromatic N) is 1. The maximum Gasteiger partial charge on any atom is 0.0610 e. The first kappa shape index (κ1) is 16.9. The number of hydrogen-bond donors (Lipinski definition) is 2. The molecule has 1 aliphatic rings. The summed E-state index contributed by atoms with van der Waals surface area (Å²) >= 11 is 0. The largest absolute Gasteiger partial charge is 0.394 e. The zero-order chi connectivity index (χ0) is 14.3. The van der Waals surface area contributed by atoms with Crippen molar-refractivity contribution in [2.45, 2.75) is 58.9 Å². The van der Waals surface area contributed by atoms with E-state index in [9.17, 15) is 5.11 Å². The van der Waals surface area contributed by atoms with E-state index >= 15 is 0 Å². The van der Waals surface area contributed by atoms with Gasteiger partial charge in [-0.2, -0.15) is 0 Å². The van der Waals surface area contributed by atoms with Gasteiger partial charge in [0.1, 0.15) is 0 Å². The molecule has 1 fully saturated rings. The Hall–Kier alpha value is -0.120. The molecule has 0 aromatic heterocycles. The number of rotatable bonds is 9. The van der Waals surface area contributed by atoms with Gasteiger partial charge in [-0.3, -0.25) is 0 Å². The van der Waals surface area contributed by atoms with E-state index in [1.807, 2.05) is 0 Å². The van der Waals surface area contributed by atoms with Crippen LogP contribution in [0.4, 0.5) is 0 Å². The van der Waals surface area contributed by atoms with Crippen molar-refractivity contribution in [3.63, 3.8) is 0 Å². The third kappa shape index (κ3) is 5.80. The van der Waals surface area contributed by atoms with Crippen molar-refractivity contribution in [2.24, 2.45) is 11.8 Å². The second-order valence-electron chi connectivity index (χ2n) is 6.80. The van der Waals surface area contributed by atoms with Crippen molar-refractivity contribution in [3.8, 4) is 0 Å². The smallest absolute Gasteiger partial charge is 0.0610 e. The molecule has 1 rings (SSSR count). The van der Waals surface area contributed by atoms with Crippen molar-refractivity contribution >= 4 is 0 Å². The van der Waals surface area contributed by atoms with Gasteiger partial charge in [-0.1, -0.05) is 27.2 Å².